The van der Waals surface area contributed by atoms with Gasteiger partial charge >= 0.3 is 6.03 Å². The number of urea groups is 1. The van der Waals surface area contributed by atoms with Crippen LogP contribution >= 0.6 is 11.3 Å². The van der Waals surface area contributed by atoms with Crippen molar-refractivity contribution in [3.05, 3.63) is 28.1 Å². The average molecular weight is 349 g/mol. The summed E-state index contributed by atoms with van der Waals surface area (Å²) in [5, 5.41) is 5.33. The fourth-order valence-corrected chi connectivity index (χ4v) is 3.07. The van der Waals surface area contributed by atoms with Gasteiger partial charge in [0.2, 0.25) is 0 Å². The number of hydrogen-bond donors (Lipinski definition) is 2. The molecule has 3 rings (SSSR count). The summed E-state index contributed by atoms with van der Waals surface area (Å²) in [6.45, 7) is 2.99. The lowest BCUT2D eigenvalue weighted by Crippen LogP contribution is -2.49. The van der Waals surface area contributed by atoms with Gasteiger partial charge in [0.1, 0.15) is 16.9 Å². The summed E-state index contributed by atoms with van der Waals surface area (Å²) < 4.78 is 1.13. The third kappa shape index (κ3) is 2.54. The number of carbonyl (C=O) groups excluding carboxylic acids is 3. The van der Waals surface area contributed by atoms with Crippen LogP contribution in [0.15, 0.2) is 22.6 Å². The fraction of sp³-hybridized carbons (Fsp3) is 0.357. The van der Waals surface area contributed by atoms with Crippen molar-refractivity contribution in [3.8, 4) is 0 Å². The molecule has 1 unspecified atom stereocenters. The minimum Gasteiger partial charge on any atom is -0.322 e. The molecule has 24 heavy (non-hydrogen) atoms. The number of rotatable bonds is 4. The van der Waals surface area contributed by atoms with Crippen LogP contribution in [0.5, 0.6) is 0 Å². The van der Waals surface area contributed by atoms with Gasteiger partial charge < -0.3 is 5.32 Å². The van der Waals surface area contributed by atoms with Crippen molar-refractivity contribution in [2.75, 3.05) is 0 Å². The highest BCUT2D eigenvalue weighted by Gasteiger charge is 2.47. The van der Waals surface area contributed by atoms with Gasteiger partial charge in [-0.3, -0.25) is 24.4 Å². The number of hydrogen-bond acceptors (Lipinski definition) is 6. The van der Waals surface area contributed by atoms with Gasteiger partial charge in [-0.2, -0.15) is 5.01 Å². The first-order valence-electron chi connectivity index (χ1n) is 7.24. The monoisotopic (exact) mass is 349 g/mol. The topological polar surface area (TPSA) is 113 Å². The van der Waals surface area contributed by atoms with Crippen LogP contribution in [0.25, 0.3) is 10.2 Å². The van der Waals surface area contributed by atoms with Gasteiger partial charge in [-0.05, 0) is 24.8 Å². The molecular weight excluding hydrogens is 334 g/mol. The molecule has 126 valence electrons. The van der Waals surface area contributed by atoms with Gasteiger partial charge in [0.15, 0.2) is 0 Å². The van der Waals surface area contributed by atoms with Crippen LogP contribution in [-0.4, -0.2) is 37.9 Å². The molecule has 0 spiro atoms. The first-order valence-corrected chi connectivity index (χ1v) is 8.12. The van der Waals surface area contributed by atoms with Crippen LogP contribution in [0.1, 0.15) is 20.3 Å². The first-order chi connectivity index (χ1) is 11.4. The Labute approximate surface area is 140 Å². The third-order valence-corrected chi connectivity index (χ3v) is 4.79. The van der Waals surface area contributed by atoms with Crippen LogP contribution < -0.4 is 16.3 Å². The molecule has 10 heteroatoms. The van der Waals surface area contributed by atoms with Gasteiger partial charge in [0.05, 0.1) is 11.7 Å². The number of hydrazine groups is 1. The number of imide groups is 1. The molecule has 1 fully saturated rings. The van der Waals surface area contributed by atoms with Crippen LogP contribution in [0.4, 0.5) is 4.79 Å². The molecule has 2 aromatic heterocycles. The molecule has 0 aliphatic carbocycles. The summed E-state index contributed by atoms with van der Waals surface area (Å²) in [5.74, 6) is -1.21. The number of aromatic nitrogens is 2. The molecule has 0 radical (unpaired) electrons. The zero-order valence-corrected chi connectivity index (χ0v) is 13.8. The molecule has 2 aromatic rings. The van der Waals surface area contributed by atoms with Crippen molar-refractivity contribution >= 4 is 39.4 Å². The van der Waals surface area contributed by atoms with Crippen molar-refractivity contribution in [2.45, 2.75) is 32.4 Å². The van der Waals surface area contributed by atoms with Crippen molar-refractivity contribution in [1.82, 2.24) is 25.3 Å². The Morgan fingerprint density at radius 3 is 2.83 bits per heavy atom. The third-order valence-electron chi connectivity index (χ3n) is 3.97. The number of carbonyl (C=O) groups is 3. The highest BCUT2D eigenvalue weighted by molar-refractivity contribution is 7.16. The van der Waals surface area contributed by atoms with Gasteiger partial charge in [0, 0.05) is 0 Å². The van der Waals surface area contributed by atoms with E-state index in [1.165, 1.54) is 17.7 Å². The van der Waals surface area contributed by atoms with E-state index < -0.39 is 23.4 Å². The second-order valence-electron chi connectivity index (χ2n) is 5.61. The second-order valence-corrected chi connectivity index (χ2v) is 6.50. The number of fused-ring (bicyclic) bond motifs is 1. The van der Waals surface area contributed by atoms with Crippen LogP contribution in [0.2, 0.25) is 0 Å². The molecule has 3 heterocycles. The van der Waals surface area contributed by atoms with Gasteiger partial charge in [0.25, 0.3) is 17.4 Å². The van der Waals surface area contributed by atoms with E-state index in [2.05, 4.69) is 15.7 Å². The Hall–Kier alpha value is -2.75. The maximum absolute atomic E-state index is 12.2. The molecule has 1 saturated heterocycles. The van der Waals surface area contributed by atoms with Gasteiger partial charge in [-0.15, -0.1) is 11.3 Å². The zero-order valence-electron chi connectivity index (χ0n) is 13.0. The second kappa shape index (κ2) is 5.71. The van der Waals surface area contributed by atoms with E-state index in [9.17, 15) is 19.2 Å². The minimum atomic E-state index is -1.04. The fourth-order valence-electron chi connectivity index (χ4n) is 2.35. The molecule has 2 N–H and O–H groups in total. The van der Waals surface area contributed by atoms with Crippen molar-refractivity contribution in [1.29, 1.82) is 0 Å². The quantitative estimate of drug-likeness (QED) is 0.766. The first kappa shape index (κ1) is 16.1. The SMILES string of the molecule is CCC1(C)NC(=O)N(NC(=O)Cn2cnc3sccc3c2=O)C1=O. The number of nitrogens with one attached hydrogen (secondary N) is 2. The summed E-state index contributed by atoms with van der Waals surface area (Å²) in [4.78, 5) is 53.1. The molecular formula is C14H15N5O4S. The van der Waals surface area contributed by atoms with Crippen molar-refractivity contribution in [2.24, 2.45) is 0 Å². The predicted octanol–water partition coefficient (Wildman–Crippen LogP) is 0.210. The number of amides is 4. The van der Waals surface area contributed by atoms with E-state index in [0.717, 1.165) is 4.57 Å². The molecule has 0 aromatic carbocycles. The summed E-state index contributed by atoms with van der Waals surface area (Å²) >= 11 is 1.33. The Morgan fingerprint density at radius 2 is 2.17 bits per heavy atom. The molecule has 9 nitrogen and oxygen atoms in total. The molecule has 1 aliphatic rings. The van der Waals surface area contributed by atoms with Gasteiger partial charge in [-0.1, -0.05) is 6.92 Å². The number of nitrogens with zero attached hydrogens (tertiary/aromatic N) is 3. The highest BCUT2D eigenvalue weighted by atomic mass is 32.1. The Kier molecular flexibility index (Phi) is 3.84. The van der Waals surface area contributed by atoms with Crippen LogP contribution in [0, 0.1) is 0 Å². The maximum Gasteiger partial charge on any atom is 0.344 e. The van der Waals surface area contributed by atoms with E-state index in [-0.39, 0.29) is 12.1 Å². The van der Waals surface area contributed by atoms with Gasteiger partial charge in [-0.25, -0.2) is 9.78 Å². The summed E-state index contributed by atoms with van der Waals surface area (Å²) in [7, 11) is 0. The zero-order chi connectivity index (χ0) is 17.5. The molecule has 1 atom stereocenters. The van der Waals surface area contributed by atoms with E-state index in [1.54, 1.807) is 25.3 Å². The van der Waals surface area contributed by atoms with E-state index in [0.29, 0.717) is 21.6 Å². The van der Waals surface area contributed by atoms with E-state index in [1.807, 2.05) is 0 Å². The van der Waals surface area contributed by atoms with E-state index in [4.69, 9.17) is 0 Å². The Balaban J connectivity index is 1.76. The van der Waals surface area contributed by atoms with Crippen LogP contribution in [-0.2, 0) is 16.1 Å². The molecule has 0 bridgehead atoms. The Morgan fingerprint density at radius 1 is 1.42 bits per heavy atom. The smallest absolute Gasteiger partial charge is 0.322 e. The standard InChI is InChI=1S/C14H15N5O4S/c1-3-14(2)12(22)19(13(23)16-14)17-9(20)6-18-7-15-10-8(11(18)21)4-5-24-10/h4-5,7H,3,6H2,1-2H3,(H,16,23)(H,17,20). The lowest BCUT2D eigenvalue weighted by Gasteiger charge is -2.19. The normalized spacial score (nSPS) is 20.5. The summed E-state index contributed by atoms with van der Waals surface area (Å²) in [6, 6.07) is 0.935. The summed E-state index contributed by atoms with van der Waals surface area (Å²) in [6.07, 6.45) is 1.66. The molecule has 1 aliphatic heterocycles. The average Bonchev–Trinajstić information content (AvgIpc) is 3.10. The van der Waals surface area contributed by atoms with E-state index >= 15 is 0 Å². The highest BCUT2D eigenvalue weighted by Crippen LogP contribution is 2.19. The summed E-state index contributed by atoms with van der Waals surface area (Å²) in [5.41, 5.74) is 0.835. The lowest BCUT2D eigenvalue weighted by atomic mass is 10.00. The molecule has 4 amide bonds. The van der Waals surface area contributed by atoms with Crippen molar-refractivity contribution < 1.29 is 14.4 Å². The number of thiophene rings is 1. The minimum absolute atomic E-state index is 0.350. The predicted molar refractivity (Wildman–Crippen MR) is 86.1 cm³/mol. The van der Waals surface area contributed by atoms with Crippen molar-refractivity contribution in [3.63, 3.8) is 0 Å². The Bertz CT molecular complexity index is 904. The molecule has 0 saturated carbocycles. The lowest BCUT2D eigenvalue weighted by molar-refractivity contribution is -0.139. The largest absolute Gasteiger partial charge is 0.344 e. The van der Waals surface area contributed by atoms with Crippen LogP contribution in [0.3, 0.4) is 0 Å². The maximum atomic E-state index is 12.2.